The summed E-state index contributed by atoms with van der Waals surface area (Å²) in [4.78, 5) is 25.7. The van der Waals surface area contributed by atoms with Crippen LogP contribution in [-0.2, 0) is 11.2 Å². The summed E-state index contributed by atoms with van der Waals surface area (Å²) >= 11 is 0. The number of primary amides is 1. The third-order valence-corrected chi connectivity index (χ3v) is 2.29. The predicted molar refractivity (Wildman–Crippen MR) is 64.3 cm³/mol. The molecule has 0 aliphatic heterocycles. The highest BCUT2D eigenvalue weighted by atomic mass is 16.4. The molecule has 0 aliphatic rings. The quantitative estimate of drug-likeness (QED) is 0.546. The Bertz CT molecular complexity index is 462. The zero-order valence-electron chi connectivity index (χ0n) is 9.88. The summed E-state index contributed by atoms with van der Waals surface area (Å²) in [6.07, 6.45) is -0.765. The number of rotatable bonds is 6. The van der Waals surface area contributed by atoms with E-state index in [0.29, 0.717) is 12.1 Å². The molecule has 1 heterocycles. The number of amides is 1. The zero-order chi connectivity index (χ0) is 13.7. The number of nitrogens with one attached hydrogen (secondary N) is 1. The number of aromatic carboxylic acids is 1. The molecule has 1 aromatic heterocycles. The van der Waals surface area contributed by atoms with Crippen LogP contribution in [0.1, 0.15) is 23.0 Å². The van der Waals surface area contributed by atoms with Gasteiger partial charge in [-0.05, 0) is 18.6 Å². The highest BCUT2D eigenvalue weighted by molar-refractivity contribution is 5.88. The number of carboxylic acid groups (broad SMARTS) is 1. The Kier molecular flexibility index (Phi) is 4.61. The molecule has 7 heteroatoms. The van der Waals surface area contributed by atoms with Gasteiger partial charge in [0.05, 0.1) is 12.1 Å². The van der Waals surface area contributed by atoms with E-state index in [-0.39, 0.29) is 17.9 Å². The van der Waals surface area contributed by atoms with Crippen molar-refractivity contribution >= 4 is 17.7 Å². The van der Waals surface area contributed by atoms with E-state index < -0.39 is 18.0 Å². The lowest BCUT2D eigenvalue weighted by Crippen LogP contribution is -2.34. The predicted octanol–water partition coefficient (Wildman–Crippen LogP) is -0.400. The summed E-state index contributed by atoms with van der Waals surface area (Å²) in [5.41, 5.74) is 5.59. The summed E-state index contributed by atoms with van der Waals surface area (Å²) < 4.78 is 0. The van der Waals surface area contributed by atoms with Crippen molar-refractivity contribution in [3.63, 3.8) is 0 Å². The number of carbonyl (C=O) groups excluding carboxylic acids is 1. The first-order chi connectivity index (χ1) is 8.43. The Hall–Kier alpha value is -2.15. The molecule has 18 heavy (non-hydrogen) atoms. The number of hydrogen-bond donors (Lipinski definition) is 4. The molecule has 0 bridgehead atoms. The monoisotopic (exact) mass is 253 g/mol. The van der Waals surface area contributed by atoms with Gasteiger partial charge in [-0.1, -0.05) is 6.92 Å². The first-order valence-electron chi connectivity index (χ1n) is 5.39. The van der Waals surface area contributed by atoms with E-state index in [9.17, 15) is 14.7 Å². The van der Waals surface area contributed by atoms with Crippen LogP contribution in [0.25, 0.3) is 0 Å². The molecule has 0 saturated heterocycles. The molecule has 1 atom stereocenters. The SMILES string of the molecule is CCc1cc(C(=O)O)cc(NCC(O)C(N)=O)n1. The Morgan fingerprint density at radius 3 is 2.67 bits per heavy atom. The molecule has 1 amide bonds. The first-order valence-corrected chi connectivity index (χ1v) is 5.39. The van der Waals surface area contributed by atoms with Gasteiger partial charge in [-0.3, -0.25) is 4.79 Å². The summed E-state index contributed by atoms with van der Waals surface area (Å²) in [6.45, 7) is 1.73. The van der Waals surface area contributed by atoms with Crippen LogP contribution in [0.5, 0.6) is 0 Å². The Labute approximate surface area is 104 Å². The van der Waals surface area contributed by atoms with Crippen LogP contribution in [0.3, 0.4) is 0 Å². The van der Waals surface area contributed by atoms with Gasteiger partial charge in [-0.15, -0.1) is 0 Å². The third kappa shape index (κ3) is 3.70. The number of carboxylic acids is 1. The lowest BCUT2D eigenvalue weighted by atomic mass is 10.2. The molecule has 0 radical (unpaired) electrons. The molecule has 1 rings (SSSR count). The maximum Gasteiger partial charge on any atom is 0.335 e. The average Bonchev–Trinajstić information content (AvgIpc) is 2.35. The number of anilines is 1. The molecule has 0 aromatic carbocycles. The number of pyridine rings is 1. The van der Waals surface area contributed by atoms with Crippen LogP contribution in [0.4, 0.5) is 5.82 Å². The van der Waals surface area contributed by atoms with Crippen LogP contribution in [-0.4, -0.2) is 39.7 Å². The van der Waals surface area contributed by atoms with Gasteiger partial charge < -0.3 is 21.3 Å². The van der Waals surface area contributed by atoms with Gasteiger partial charge in [0, 0.05) is 5.69 Å². The average molecular weight is 253 g/mol. The molecular weight excluding hydrogens is 238 g/mol. The number of aliphatic hydroxyl groups excluding tert-OH is 1. The van der Waals surface area contributed by atoms with E-state index in [4.69, 9.17) is 10.8 Å². The van der Waals surface area contributed by atoms with E-state index in [1.54, 1.807) is 0 Å². The van der Waals surface area contributed by atoms with Crippen LogP contribution < -0.4 is 11.1 Å². The lowest BCUT2D eigenvalue weighted by Gasteiger charge is -2.10. The number of aryl methyl sites for hydroxylation is 1. The van der Waals surface area contributed by atoms with Gasteiger partial charge >= 0.3 is 5.97 Å². The van der Waals surface area contributed by atoms with Crippen LogP contribution in [0.2, 0.25) is 0 Å². The van der Waals surface area contributed by atoms with Crippen molar-refractivity contribution in [1.29, 1.82) is 0 Å². The number of nitrogens with two attached hydrogens (primary N) is 1. The second-order valence-electron chi connectivity index (χ2n) is 3.69. The van der Waals surface area contributed by atoms with Crippen LogP contribution in [0, 0.1) is 0 Å². The molecule has 1 aromatic rings. The zero-order valence-corrected chi connectivity index (χ0v) is 9.88. The molecule has 1 unspecified atom stereocenters. The minimum atomic E-state index is -1.34. The van der Waals surface area contributed by atoms with Crippen molar-refractivity contribution in [2.24, 2.45) is 5.73 Å². The molecule has 98 valence electrons. The van der Waals surface area contributed by atoms with Gasteiger partial charge in [-0.2, -0.15) is 0 Å². The van der Waals surface area contributed by atoms with E-state index in [1.807, 2.05) is 6.92 Å². The first kappa shape index (κ1) is 13.9. The number of aromatic nitrogens is 1. The highest BCUT2D eigenvalue weighted by Gasteiger charge is 2.12. The molecule has 7 nitrogen and oxygen atoms in total. The van der Waals surface area contributed by atoms with Crippen molar-refractivity contribution in [3.05, 3.63) is 23.4 Å². The van der Waals surface area contributed by atoms with Crippen LogP contribution in [0.15, 0.2) is 12.1 Å². The fourth-order valence-electron chi connectivity index (χ4n) is 1.28. The Morgan fingerprint density at radius 1 is 1.50 bits per heavy atom. The molecular formula is C11H15N3O4. The summed E-state index contributed by atoms with van der Waals surface area (Å²) in [7, 11) is 0. The third-order valence-electron chi connectivity index (χ3n) is 2.29. The molecule has 0 spiro atoms. The molecule has 0 fully saturated rings. The van der Waals surface area contributed by atoms with Crippen molar-refractivity contribution in [2.75, 3.05) is 11.9 Å². The minimum absolute atomic E-state index is 0.0953. The van der Waals surface area contributed by atoms with E-state index in [2.05, 4.69) is 10.3 Å². The smallest absolute Gasteiger partial charge is 0.335 e. The number of carbonyl (C=O) groups is 2. The van der Waals surface area contributed by atoms with E-state index in [1.165, 1.54) is 12.1 Å². The molecule has 5 N–H and O–H groups in total. The second kappa shape index (κ2) is 5.97. The summed E-state index contributed by atoms with van der Waals surface area (Å²) in [6, 6.07) is 2.80. The van der Waals surface area contributed by atoms with Crippen molar-refractivity contribution in [2.45, 2.75) is 19.4 Å². The minimum Gasteiger partial charge on any atom is -0.478 e. The van der Waals surface area contributed by atoms with Crippen molar-refractivity contribution < 1.29 is 19.8 Å². The van der Waals surface area contributed by atoms with Gasteiger partial charge in [0.1, 0.15) is 11.9 Å². The maximum atomic E-state index is 10.9. The van der Waals surface area contributed by atoms with Gasteiger partial charge in [-0.25, -0.2) is 9.78 Å². The highest BCUT2D eigenvalue weighted by Crippen LogP contribution is 2.11. The molecule has 0 saturated carbocycles. The fourth-order valence-corrected chi connectivity index (χ4v) is 1.28. The van der Waals surface area contributed by atoms with Crippen LogP contribution >= 0.6 is 0 Å². The number of aliphatic hydroxyl groups is 1. The van der Waals surface area contributed by atoms with Gasteiger partial charge in [0.25, 0.3) is 0 Å². The second-order valence-corrected chi connectivity index (χ2v) is 3.69. The fraction of sp³-hybridized carbons (Fsp3) is 0.364. The van der Waals surface area contributed by atoms with Crippen molar-refractivity contribution in [1.82, 2.24) is 4.98 Å². The van der Waals surface area contributed by atoms with Gasteiger partial charge in [0.2, 0.25) is 5.91 Å². The van der Waals surface area contributed by atoms with Crippen molar-refractivity contribution in [3.8, 4) is 0 Å². The lowest BCUT2D eigenvalue weighted by molar-refractivity contribution is -0.125. The van der Waals surface area contributed by atoms with Gasteiger partial charge in [0.15, 0.2) is 0 Å². The largest absolute Gasteiger partial charge is 0.478 e. The topological polar surface area (TPSA) is 126 Å². The normalized spacial score (nSPS) is 11.9. The Balaban J connectivity index is 2.85. The summed E-state index contributed by atoms with van der Waals surface area (Å²) in [5.74, 6) is -1.63. The molecule has 0 aliphatic carbocycles. The van der Waals surface area contributed by atoms with E-state index >= 15 is 0 Å². The summed E-state index contributed by atoms with van der Waals surface area (Å²) in [5, 5.41) is 20.8. The Morgan fingerprint density at radius 2 is 2.17 bits per heavy atom. The number of nitrogens with zero attached hydrogens (tertiary/aromatic N) is 1. The number of hydrogen-bond acceptors (Lipinski definition) is 5. The standard InChI is InChI=1S/C11H15N3O4/c1-2-7-3-6(11(17)18)4-9(14-7)13-5-8(15)10(12)16/h3-4,8,15H,2,5H2,1H3,(H2,12,16)(H,13,14)(H,17,18). The maximum absolute atomic E-state index is 10.9. The van der Waals surface area contributed by atoms with E-state index in [0.717, 1.165) is 0 Å².